The largest absolute Gasteiger partial charge is 0.192 e. The fraction of sp³-hybridized carbons (Fsp3) is 0.105. The highest BCUT2D eigenvalue weighted by atomic mass is 32.2. The molecule has 0 spiro atoms. The zero-order chi connectivity index (χ0) is 16.4. The Morgan fingerprint density at radius 2 is 1.71 bits per heavy atom. The zero-order valence-corrected chi connectivity index (χ0v) is 15.9. The second-order valence-corrected chi connectivity index (χ2v) is 9.73. The highest BCUT2D eigenvalue weighted by molar-refractivity contribution is 8.09. The monoisotopic (exact) mass is 383 g/mol. The summed E-state index contributed by atoms with van der Waals surface area (Å²) in [6, 6.07) is 10.5. The van der Waals surface area contributed by atoms with Gasteiger partial charge in [0.25, 0.3) is 0 Å². The van der Waals surface area contributed by atoms with E-state index in [1.54, 1.807) is 22.7 Å². The average molecular weight is 384 g/mol. The molecule has 2 aliphatic heterocycles. The lowest BCUT2D eigenvalue weighted by molar-refractivity contribution is 1.14. The summed E-state index contributed by atoms with van der Waals surface area (Å²) < 4.78 is 0. The molecule has 0 radical (unpaired) electrons. The van der Waals surface area contributed by atoms with Gasteiger partial charge in [-0.05, 0) is 41.1 Å². The summed E-state index contributed by atoms with van der Waals surface area (Å²) >= 11 is 7.14. The second-order valence-electron chi connectivity index (χ2n) is 5.30. The highest BCUT2D eigenvalue weighted by Gasteiger charge is 2.32. The van der Waals surface area contributed by atoms with Crippen molar-refractivity contribution in [1.29, 1.82) is 5.26 Å². The number of hydrogen-bond acceptors (Lipinski definition) is 5. The standard InChI is InChI=1S/C19H13NS4/c20-12-13(17-4-2-8-22-17)9-16-11-19-18(24-16)10-15(23-19)6-5-14-3-1-7-21-14/h1-11,18-19H/b6-5+,13-9+. The van der Waals surface area contributed by atoms with E-state index in [-0.39, 0.29) is 0 Å². The SMILES string of the molecule is N#C/C(=C\C1=CC2SC(/C=C/c3cccs3)=CC2S1)c1cccs1. The molecule has 2 aliphatic rings. The van der Waals surface area contributed by atoms with Gasteiger partial charge >= 0.3 is 0 Å². The molecule has 1 nitrogen and oxygen atoms in total. The van der Waals surface area contributed by atoms with Crippen LogP contribution < -0.4 is 0 Å². The van der Waals surface area contributed by atoms with Crippen LogP contribution in [0.3, 0.4) is 0 Å². The molecule has 0 saturated carbocycles. The summed E-state index contributed by atoms with van der Waals surface area (Å²) in [6.45, 7) is 0. The number of rotatable bonds is 4. The van der Waals surface area contributed by atoms with E-state index in [2.05, 4.69) is 47.9 Å². The molecule has 5 heteroatoms. The van der Waals surface area contributed by atoms with Crippen LogP contribution in [0, 0.1) is 11.3 Å². The third kappa shape index (κ3) is 3.47. The van der Waals surface area contributed by atoms with Crippen LogP contribution in [0.15, 0.2) is 69.1 Å². The first-order chi connectivity index (χ1) is 11.8. The Hall–Kier alpha value is -1.45. The van der Waals surface area contributed by atoms with Crippen molar-refractivity contribution in [1.82, 2.24) is 0 Å². The Bertz CT molecular complexity index is 876. The molecule has 0 aliphatic carbocycles. The van der Waals surface area contributed by atoms with Crippen molar-refractivity contribution in [2.24, 2.45) is 0 Å². The summed E-state index contributed by atoms with van der Waals surface area (Å²) in [5.74, 6) is 0. The van der Waals surface area contributed by atoms with Gasteiger partial charge in [-0.2, -0.15) is 5.26 Å². The van der Waals surface area contributed by atoms with Crippen molar-refractivity contribution in [2.45, 2.75) is 10.5 Å². The molecule has 2 aromatic rings. The normalized spacial score (nSPS) is 23.2. The van der Waals surface area contributed by atoms with Gasteiger partial charge in [0, 0.05) is 30.1 Å². The summed E-state index contributed by atoms with van der Waals surface area (Å²) in [7, 11) is 0. The average Bonchev–Trinajstić information content (AvgIpc) is 3.34. The van der Waals surface area contributed by atoms with Crippen LogP contribution in [0.2, 0.25) is 0 Å². The number of nitrogens with zero attached hydrogens (tertiary/aromatic N) is 1. The van der Waals surface area contributed by atoms with Gasteiger partial charge in [0.1, 0.15) is 6.07 Å². The fourth-order valence-electron chi connectivity index (χ4n) is 2.57. The molecule has 24 heavy (non-hydrogen) atoms. The number of hydrogen-bond donors (Lipinski definition) is 0. The van der Waals surface area contributed by atoms with Crippen LogP contribution in [0.25, 0.3) is 11.6 Å². The van der Waals surface area contributed by atoms with Crippen molar-refractivity contribution < 1.29 is 0 Å². The Balaban J connectivity index is 1.45. The predicted octanol–water partition coefficient (Wildman–Crippen LogP) is 6.43. The molecule has 4 rings (SSSR count). The number of thiophene rings is 2. The van der Waals surface area contributed by atoms with Crippen LogP contribution >= 0.6 is 46.2 Å². The predicted molar refractivity (Wildman–Crippen MR) is 110 cm³/mol. The van der Waals surface area contributed by atoms with Gasteiger partial charge in [-0.15, -0.1) is 46.2 Å². The third-order valence-corrected chi connectivity index (χ3v) is 8.06. The maximum Gasteiger partial charge on any atom is 0.101 e. The Kier molecular flexibility index (Phi) is 4.81. The van der Waals surface area contributed by atoms with Gasteiger partial charge in [0.05, 0.1) is 5.57 Å². The molecule has 118 valence electrons. The summed E-state index contributed by atoms with van der Waals surface area (Å²) in [4.78, 5) is 4.87. The van der Waals surface area contributed by atoms with Crippen LogP contribution in [-0.2, 0) is 0 Å². The molecule has 2 unspecified atom stereocenters. The molecule has 0 saturated heterocycles. The summed E-state index contributed by atoms with van der Waals surface area (Å²) in [5, 5.41) is 14.5. The Labute approximate surface area is 158 Å². The van der Waals surface area contributed by atoms with Crippen LogP contribution in [0.1, 0.15) is 9.75 Å². The second kappa shape index (κ2) is 7.20. The maximum absolute atomic E-state index is 9.39. The van der Waals surface area contributed by atoms with Crippen molar-refractivity contribution in [3.8, 4) is 6.07 Å². The minimum Gasteiger partial charge on any atom is -0.192 e. The lowest BCUT2D eigenvalue weighted by Crippen LogP contribution is -2.04. The first-order valence-electron chi connectivity index (χ1n) is 7.46. The van der Waals surface area contributed by atoms with E-state index in [0.29, 0.717) is 10.5 Å². The molecule has 2 aromatic heterocycles. The lowest BCUT2D eigenvalue weighted by Gasteiger charge is -2.03. The van der Waals surface area contributed by atoms with E-state index >= 15 is 0 Å². The van der Waals surface area contributed by atoms with Crippen LogP contribution in [0.5, 0.6) is 0 Å². The molecule has 0 N–H and O–H groups in total. The van der Waals surface area contributed by atoms with Gasteiger partial charge < -0.3 is 0 Å². The quantitative estimate of drug-likeness (QED) is 0.569. The minimum atomic E-state index is 0.479. The Morgan fingerprint density at radius 3 is 2.42 bits per heavy atom. The van der Waals surface area contributed by atoms with E-state index in [9.17, 15) is 5.26 Å². The smallest absolute Gasteiger partial charge is 0.101 e. The fourth-order valence-corrected chi connectivity index (χ4v) is 6.65. The van der Waals surface area contributed by atoms with Gasteiger partial charge in [0.2, 0.25) is 0 Å². The Morgan fingerprint density at radius 1 is 0.958 bits per heavy atom. The van der Waals surface area contributed by atoms with E-state index in [1.165, 1.54) is 14.7 Å². The van der Waals surface area contributed by atoms with Crippen LogP contribution in [0.4, 0.5) is 0 Å². The van der Waals surface area contributed by atoms with Gasteiger partial charge in [-0.3, -0.25) is 0 Å². The van der Waals surface area contributed by atoms with Gasteiger partial charge in [0.15, 0.2) is 0 Å². The van der Waals surface area contributed by atoms with Gasteiger partial charge in [-0.25, -0.2) is 0 Å². The minimum absolute atomic E-state index is 0.479. The third-order valence-electron chi connectivity index (χ3n) is 3.67. The van der Waals surface area contributed by atoms with Crippen molar-refractivity contribution in [3.63, 3.8) is 0 Å². The molecule has 2 atom stereocenters. The van der Waals surface area contributed by atoms with E-state index < -0.39 is 0 Å². The van der Waals surface area contributed by atoms with Crippen LogP contribution in [-0.4, -0.2) is 10.5 Å². The molecule has 0 amide bonds. The molecule has 0 bridgehead atoms. The van der Waals surface area contributed by atoms with Crippen molar-refractivity contribution >= 4 is 57.8 Å². The molecular weight excluding hydrogens is 370 g/mol. The first kappa shape index (κ1) is 16.0. The topological polar surface area (TPSA) is 23.8 Å². The zero-order valence-electron chi connectivity index (χ0n) is 12.6. The molecule has 0 aromatic carbocycles. The van der Waals surface area contributed by atoms with Crippen molar-refractivity contribution in [2.75, 3.05) is 0 Å². The molecular formula is C19H13NS4. The summed E-state index contributed by atoms with van der Waals surface area (Å²) in [6.07, 6.45) is 11.1. The highest BCUT2D eigenvalue weighted by Crippen LogP contribution is 2.48. The maximum atomic E-state index is 9.39. The van der Waals surface area contributed by atoms with Gasteiger partial charge in [-0.1, -0.05) is 24.3 Å². The molecule has 4 heterocycles. The summed E-state index contributed by atoms with van der Waals surface area (Å²) in [5.41, 5.74) is 0.760. The molecule has 0 fully saturated rings. The van der Waals surface area contributed by atoms with E-state index in [4.69, 9.17) is 0 Å². The van der Waals surface area contributed by atoms with Crippen molar-refractivity contribution in [3.05, 3.63) is 78.9 Å². The number of thioether (sulfide) groups is 2. The number of fused-ring (bicyclic) bond motifs is 1. The van der Waals surface area contributed by atoms with E-state index in [1.807, 2.05) is 47.1 Å². The number of nitriles is 1. The first-order valence-corrected chi connectivity index (χ1v) is 11.0. The van der Waals surface area contributed by atoms with E-state index in [0.717, 1.165) is 10.5 Å². The lowest BCUT2D eigenvalue weighted by atomic mass is 10.2. The number of allylic oxidation sites excluding steroid dienone is 3.